The van der Waals surface area contributed by atoms with Crippen LogP contribution >= 0.6 is 23.2 Å². The van der Waals surface area contributed by atoms with Crippen molar-refractivity contribution < 1.29 is 13.2 Å². The van der Waals surface area contributed by atoms with Crippen molar-refractivity contribution in [2.75, 3.05) is 16.2 Å². The summed E-state index contributed by atoms with van der Waals surface area (Å²) in [5.41, 5.74) is 2.82. The number of unbranched alkanes of at least 4 members (excludes halogenated alkanes) is 1. The lowest BCUT2D eigenvalue weighted by Gasteiger charge is -2.25. The predicted molar refractivity (Wildman–Crippen MR) is 136 cm³/mol. The minimum absolute atomic E-state index is 0.0530. The Morgan fingerprint density at radius 3 is 2.27 bits per heavy atom. The van der Waals surface area contributed by atoms with Gasteiger partial charge in [-0.3, -0.25) is 9.10 Å². The standard InChI is InChI=1S/C25H26Cl2N2O3S/c1-3-4-6-19-11-13-20(14-12-19)28-24(30)17-29(23-8-5-7-22(26)25(23)27)33(31,32)21-15-9-18(2)10-16-21/h5,7-16H,3-4,6,17H2,1-2H3,(H,28,30). The van der Waals surface area contributed by atoms with E-state index in [9.17, 15) is 13.2 Å². The van der Waals surface area contributed by atoms with E-state index in [1.807, 2.05) is 31.2 Å². The number of carbonyl (C=O) groups excluding carboxylic acids is 1. The number of hydrogen-bond acceptors (Lipinski definition) is 3. The minimum Gasteiger partial charge on any atom is -0.325 e. The van der Waals surface area contributed by atoms with Gasteiger partial charge in [-0.05, 0) is 61.7 Å². The van der Waals surface area contributed by atoms with Crippen LogP contribution in [0.4, 0.5) is 11.4 Å². The molecule has 3 aromatic carbocycles. The molecular weight excluding hydrogens is 479 g/mol. The molecule has 0 aliphatic heterocycles. The van der Waals surface area contributed by atoms with Crippen molar-refractivity contribution in [2.45, 2.75) is 38.0 Å². The molecule has 0 aliphatic carbocycles. The molecule has 0 unspecified atom stereocenters. The lowest BCUT2D eigenvalue weighted by Crippen LogP contribution is -2.38. The molecule has 0 fully saturated rings. The first-order chi connectivity index (χ1) is 15.7. The highest BCUT2D eigenvalue weighted by Crippen LogP contribution is 2.35. The largest absolute Gasteiger partial charge is 0.325 e. The molecule has 174 valence electrons. The SMILES string of the molecule is CCCCc1ccc(NC(=O)CN(c2cccc(Cl)c2Cl)S(=O)(=O)c2ccc(C)cc2)cc1. The summed E-state index contributed by atoms with van der Waals surface area (Å²) in [6, 6.07) is 18.6. The fourth-order valence-corrected chi connectivity index (χ4v) is 5.17. The second-order valence-corrected chi connectivity index (χ2v) is 10.4. The maximum Gasteiger partial charge on any atom is 0.264 e. The Labute approximate surface area is 205 Å². The highest BCUT2D eigenvalue weighted by atomic mass is 35.5. The Hall–Kier alpha value is -2.54. The van der Waals surface area contributed by atoms with Gasteiger partial charge in [0.2, 0.25) is 5.91 Å². The normalized spacial score (nSPS) is 11.3. The van der Waals surface area contributed by atoms with Gasteiger partial charge in [0, 0.05) is 5.69 Å². The molecule has 0 bridgehead atoms. The zero-order valence-corrected chi connectivity index (χ0v) is 20.8. The number of anilines is 2. The number of rotatable bonds is 9. The van der Waals surface area contributed by atoms with Crippen LogP contribution in [-0.2, 0) is 21.2 Å². The Kier molecular flexibility index (Phi) is 8.40. The van der Waals surface area contributed by atoms with E-state index in [0.29, 0.717) is 5.69 Å². The molecule has 8 heteroatoms. The third kappa shape index (κ3) is 6.28. The van der Waals surface area contributed by atoms with Crippen molar-refractivity contribution in [3.8, 4) is 0 Å². The van der Waals surface area contributed by atoms with Crippen molar-refractivity contribution in [2.24, 2.45) is 0 Å². The van der Waals surface area contributed by atoms with E-state index in [1.165, 1.54) is 23.8 Å². The van der Waals surface area contributed by atoms with Crippen molar-refractivity contribution in [3.63, 3.8) is 0 Å². The van der Waals surface area contributed by atoms with Gasteiger partial charge in [-0.25, -0.2) is 8.42 Å². The van der Waals surface area contributed by atoms with E-state index >= 15 is 0 Å². The number of amides is 1. The number of benzene rings is 3. The summed E-state index contributed by atoms with van der Waals surface area (Å²) in [5, 5.41) is 3.03. The third-order valence-corrected chi connectivity index (χ3v) is 7.74. The first kappa shape index (κ1) is 25.1. The van der Waals surface area contributed by atoms with Gasteiger partial charge < -0.3 is 5.32 Å². The third-order valence-electron chi connectivity index (χ3n) is 5.15. The number of sulfonamides is 1. The molecule has 0 aromatic heterocycles. The van der Waals surface area contributed by atoms with E-state index in [1.54, 1.807) is 24.3 Å². The second kappa shape index (κ2) is 11.1. The maximum atomic E-state index is 13.5. The average molecular weight is 505 g/mol. The molecule has 3 rings (SSSR count). The van der Waals surface area contributed by atoms with Crippen LogP contribution in [0, 0.1) is 6.92 Å². The van der Waals surface area contributed by atoms with Crippen molar-refractivity contribution in [1.29, 1.82) is 0 Å². The number of nitrogens with one attached hydrogen (secondary N) is 1. The summed E-state index contributed by atoms with van der Waals surface area (Å²) in [4.78, 5) is 12.9. The molecule has 0 saturated carbocycles. The van der Waals surface area contributed by atoms with E-state index in [-0.39, 0.29) is 20.6 Å². The molecule has 1 N–H and O–H groups in total. The summed E-state index contributed by atoms with van der Waals surface area (Å²) >= 11 is 12.5. The quantitative estimate of drug-likeness (QED) is 0.362. The van der Waals surface area contributed by atoms with Gasteiger partial charge in [-0.1, -0.05) is 72.4 Å². The van der Waals surface area contributed by atoms with Gasteiger partial charge in [0.05, 0.1) is 20.6 Å². The highest BCUT2D eigenvalue weighted by Gasteiger charge is 2.29. The first-order valence-corrected chi connectivity index (χ1v) is 12.8. The fourth-order valence-electron chi connectivity index (χ4n) is 3.29. The summed E-state index contributed by atoms with van der Waals surface area (Å²) in [7, 11) is -4.09. The number of aryl methyl sites for hydroxylation is 2. The van der Waals surface area contributed by atoms with Crippen LogP contribution in [0.5, 0.6) is 0 Å². The lowest BCUT2D eigenvalue weighted by molar-refractivity contribution is -0.114. The molecule has 3 aromatic rings. The van der Waals surface area contributed by atoms with Crippen LogP contribution in [-0.4, -0.2) is 20.9 Å². The smallest absolute Gasteiger partial charge is 0.264 e. The Morgan fingerprint density at radius 1 is 0.970 bits per heavy atom. The van der Waals surface area contributed by atoms with Crippen LogP contribution in [0.3, 0.4) is 0 Å². The van der Waals surface area contributed by atoms with Crippen LogP contribution in [0.2, 0.25) is 10.0 Å². The summed E-state index contributed by atoms with van der Waals surface area (Å²) in [6.07, 6.45) is 3.17. The Bertz CT molecular complexity index is 1210. The molecule has 0 spiro atoms. The zero-order valence-electron chi connectivity index (χ0n) is 18.5. The van der Waals surface area contributed by atoms with Crippen LogP contribution in [0.1, 0.15) is 30.9 Å². The number of halogens is 2. The molecule has 5 nitrogen and oxygen atoms in total. The highest BCUT2D eigenvalue weighted by molar-refractivity contribution is 7.92. The van der Waals surface area contributed by atoms with Crippen molar-refractivity contribution in [3.05, 3.63) is 87.9 Å². The maximum absolute atomic E-state index is 13.5. The molecule has 0 radical (unpaired) electrons. The van der Waals surface area contributed by atoms with Gasteiger partial charge in [-0.15, -0.1) is 0 Å². The van der Waals surface area contributed by atoms with Crippen LogP contribution < -0.4 is 9.62 Å². The van der Waals surface area contributed by atoms with E-state index in [4.69, 9.17) is 23.2 Å². The molecule has 33 heavy (non-hydrogen) atoms. The van der Waals surface area contributed by atoms with E-state index in [0.717, 1.165) is 29.1 Å². The topological polar surface area (TPSA) is 66.5 Å². The molecule has 0 saturated heterocycles. The number of hydrogen-bond donors (Lipinski definition) is 1. The zero-order chi connectivity index (χ0) is 24.0. The van der Waals surface area contributed by atoms with E-state index in [2.05, 4.69) is 12.2 Å². The fraction of sp³-hybridized carbons (Fsp3) is 0.240. The minimum atomic E-state index is -4.09. The second-order valence-electron chi connectivity index (χ2n) is 7.75. The van der Waals surface area contributed by atoms with Gasteiger partial charge >= 0.3 is 0 Å². The van der Waals surface area contributed by atoms with Crippen LogP contribution in [0.15, 0.2) is 71.6 Å². The Balaban J connectivity index is 1.89. The molecule has 0 atom stereocenters. The predicted octanol–water partition coefficient (Wildman–Crippen LogP) is 6.48. The average Bonchev–Trinajstić information content (AvgIpc) is 2.79. The lowest BCUT2D eigenvalue weighted by atomic mass is 10.1. The number of carbonyl (C=O) groups is 1. The summed E-state index contributed by atoms with van der Waals surface area (Å²) in [5.74, 6) is -0.497. The van der Waals surface area contributed by atoms with Crippen molar-refractivity contribution in [1.82, 2.24) is 0 Å². The monoisotopic (exact) mass is 504 g/mol. The molecule has 0 heterocycles. The molecular formula is C25H26Cl2N2O3S. The number of nitrogens with zero attached hydrogens (tertiary/aromatic N) is 1. The van der Waals surface area contributed by atoms with Gasteiger partial charge in [0.1, 0.15) is 6.54 Å². The Morgan fingerprint density at radius 2 is 1.64 bits per heavy atom. The van der Waals surface area contributed by atoms with Gasteiger partial charge in [0.15, 0.2) is 0 Å². The molecule has 0 aliphatic rings. The summed E-state index contributed by atoms with van der Waals surface area (Å²) < 4.78 is 28.0. The van der Waals surface area contributed by atoms with Crippen molar-refractivity contribution >= 4 is 50.5 Å². The van der Waals surface area contributed by atoms with Gasteiger partial charge in [0.25, 0.3) is 10.0 Å². The van der Waals surface area contributed by atoms with Crippen LogP contribution in [0.25, 0.3) is 0 Å². The molecule has 1 amide bonds. The van der Waals surface area contributed by atoms with Gasteiger partial charge in [-0.2, -0.15) is 0 Å². The summed E-state index contributed by atoms with van der Waals surface area (Å²) in [6.45, 7) is 3.54. The van der Waals surface area contributed by atoms with E-state index < -0.39 is 22.5 Å². The first-order valence-electron chi connectivity index (χ1n) is 10.6.